The topological polar surface area (TPSA) is 26.3 Å². The minimum absolute atomic E-state index is 0.0341. The molecule has 27 heavy (non-hydrogen) atoms. The van der Waals surface area contributed by atoms with E-state index < -0.39 is 12.4 Å². The molecular formula is C24H25O2P. The molecule has 0 atom stereocenters. The molecular weight excluding hydrogens is 351 g/mol. The van der Waals surface area contributed by atoms with E-state index in [0.717, 1.165) is 12.8 Å². The number of hydrogen-bond donors (Lipinski definition) is 0. The molecule has 138 valence electrons. The molecule has 0 aliphatic heterocycles. The van der Waals surface area contributed by atoms with Gasteiger partial charge in [-0.3, -0.25) is 0 Å². The van der Waals surface area contributed by atoms with Crippen molar-refractivity contribution in [2.75, 3.05) is 6.61 Å². The Morgan fingerprint density at radius 3 is 1.44 bits per heavy atom. The van der Waals surface area contributed by atoms with Crippen LogP contribution >= 0.6 is 7.26 Å². The van der Waals surface area contributed by atoms with Crippen molar-refractivity contribution in [2.45, 2.75) is 24.9 Å². The average Bonchev–Trinajstić information content (AvgIpc) is 3.54. The maximum absolute atomic E-state index is 13.3. The molecule has 3 aromatic carbocycles. The molecule has 3 aromatic rings. The monoisotopic (exact) mass is 376 g/mol. The quantitative estimate of drug-likeness (QED) is 0.483. The Hall–Kier alpha value is -2.44. The van der Waals surface area contributed by atoms with Crippen LogP contribution in [0.1, 0.15) is 19.8 Å². The summed E-state index contributed by atoms with van der Waals surface area (Å²) in [5.74, 6) is -0.0341. The summed E-state index contributed by atoms with van der Waals surface area (Å²) in [6.07, 6.45) is 1.77. The summed E-state index contributed by atoms with van der Waals surface area (Å²) in [7, 11) is -2.62. The molecule has 3 heteroatoms. The number of carbonyl (C=O) groups is 1. The summed E-state index contributed by atoms with van der Waals surface area (Å²) in [5.41, 5.74) is 0. The zero-order valence-corrected chi connectivity index (χ0v) is 16.6. The molecule has 1 saturated carbocycles. The first-order valence-electron chi connectivity index (χ1n) is 9.59. The Kier molecular flexibility index (Phi) is 4.85. The van der Waals surface area contributed by atoms with Crippen molar-refractivity contribution < 1.29 is 9.53 Å². The fourth-order valence-electron chi connectivity index (χ4n) is 4.52. The van der Waals surface area contributed by atoms with Gasteiger partial charge in [0.1, 0.15) is 0 Å². The van der Waals surface area contributed by atoms with Gasteiger partial charge in [-0.15, -0.1) is 0 Å². The first-order valence-corrected chi connectivity index (χ1v) is 11.6. The Morgan fingerprint density at radius 1 is 0.778 bits per heavy atom. The number of carbonyl (C=O) groups excluding carboxylic acids is 1. The summed E-state index contributed by atoms with van der Waals surface area (Å²) in [5, 5.41) is 3.38. The van der Waals surface area contributed by atoms with Crippen LogP contribution < -0.4 is 15.9 Å². The molecule has 0 unspecified atom stereocenters. The maximum atomic E-state index is 13.3. The van der Waals surface area contributed by atoms with Gasteiger partial charge in [0.25, 0.3) is 0 Å². The van der Waals surface area contributed by atoms with Crippen molar-refractivity contribution in [3.8, 4) is 0 Å². The second kappa shape index (κ2) is 7.29. The molecule has 0 spiro atoms. The molecule has 1 fully saturated rings. The van der Waals surface area contributed by atoms with Crippen LogP contribution in [0.4, 0.5) is 0 Å². The van der Waals surface area contributed by atoms with E-state index in [1.165, 1.54) is 15.9 Å². The zero-order chi connectivity index (χ0) is 18.7. The van der Waals surface area contributed by atoms with E-state index in [4.69, 9.17) is 4.74 Å². The van der Waals surface area contributed by atoms with E-state index in [1.54, 1.807) is 0 Å². The van der Waals surface area contributed by atoms with E-state index in [2.05, 4.69) is 72.8 Å². The van der Waals surface area contributed by atoms with Gasteiger partial charge in [-0.05, 0) is 0 Å². The van der Waals surface area contributed by atoms with Crippen molar-refractivity contribution >= 4 is 29.1 Å². The third kappa shape index (κ3) is 2.80. The average molecular weight is 376 g/mol. The summed E-state index contributed by atoms with van der Waals surface area (Å²) in [4.78, 5) is 13.3. The summed E-state index contributed by atoms with van der Waals surface area (Å²) in [6, 6.07) is 31.9. The first kappa shape index (κ1) is 17.9. The number of benzene rings is 3. The van der Waals surface area contributed by atoms with Crippen LogP contribution in [0.2, 0.25) is 0 Å². The van der Waals surface area contributed by atoms with Crippen LogP contribution in [-0.4, -0.2) is 17.7 Å². The summed E-state index contributed by atoms with van der Waals surface area (Å²) < 4.78 is 5.64. The molecule has 0 radical (unpaired) electrons. The van der Waals surface area contributed by atoms with E-state index in [-0.39, 0.29) is 5.97 Å². The van der Waals surface area contributed by atoms with Crippen LogP contribution in [-0.2, 0) is 9.53 Å². The second-order valence-electron chi connectivity index (χ2n) is 7.15. The van der Waals surface area contributed by atoms with Crippen LogP contribution in [0.3, 0.4) is 0 Å². The fourth-order valence-corrected chi connectivity index (χ4v) is 10.5. The van der Waals surface area contributed by atoms with E-state index in [0.29, 0.717) is 6.61 Å². The van der Waals surface area contributed by atoms with Crippen molar-refractivity contribution in [1.29, 1.82) is 0 Å². The van der Waals surface area contributed by atoms with Gasteiger partial charge in [0, 0.05) is 0 Å². The van der Waals surface area contributed by atoms with Gasteiger partial charge in [-0.2, -0.15) is 0 Å². The summed E-state index contributed by atoms with van der Waals surface area (Å²) in [6.45, 7) is 2.31. The molecule has 1 aliphatic rings. The Balaban J connectivity index is 2.07. The second-order valence-corrected chi connectivity index (χ2v) is 11.3. The third-order valence-electron chi connectivity index (χ3n) is 5.75. The molecule has 0 aromatic heterocycles. The van der Waals surface area contributed by atoms with Gasteiger partial charge in [-0.1, -0.05) is 0 Å². The number of rotatable bonds is 6. The Labute approximate surface area is 161 Å². The Bertz CT molecular complexity index is 806. The molecule has 0 heterocycles. The Morgan fingerprint density at radius 2 is 1.15 bits per heavy atom. The number of hydrogen-bond acceptors (Lipinski definition) is 2. The zero-order valence-electron chi connectivity index (χ0n) is 15.6. The molecule has 2 nitrogen and oxygen atoms in total. The van der Waals surface area contributed by atoms with Crippen LogP contribution in [0.5, 0.6) is 0 Å². The normalized spacial score (nSPS) is 15.7. The molecule has 0 bridgehead atoms. The molecule has 0 N–H and O–H groups in total. The van der Waals surface area contributed by atoms with E-state index in [9.17, 15) is 4.79 Å². The van der Waals surface area contributed by atoms with Gasteiger partial charge < -0.3 is 0 Å². The SMILES string of the molecule is CCOC(=O)C1([PH](c2ccccc2)(c2ccccc2)c2ccccc2)CC1. The number of esters is 1. The summed E-state index contributed by atoms with van der Waals surface area (Å²) >= 11 is 0. The molecule has 4 rings (SSSR count). The number of ether oxygens (including phenoxy) is 1. The molecule has 0 amide bonds. The van der Waals surface area contributed by atoms with E-state index in [1.807, 2.05) is 25.1 Å². The van der Waals surface area contributed by atoms with Crippen molar-refractivity contribution in [2.24, 2.45) is 0 Å². The van der Waals surface area contributed by atoms with Gasteiger partial charge >= 0.3 is 161 Å². The minimum atomic E-state index is -2.62. The van der Waals surface area contributed by atoms with E-state index >= 15 is 0 Å². The van der Waals surface area contributed by atoms with Crippen LogP contribution in [0, 0.1) is 0 Å². The van der Waals surface area contributed by atoms with Gasteiger partial charge in [-0.25, -0.2) is 0 Å². The third-order valence-corrected chi connectivity index (χ3v) is 11.5. The van der Waals surface area contributed by atoms with Crippen molar-refractivity contribution in [3.05, 3.63) is 91.0 Å². The van der Waals surface area contributed by atoms with Crippen molar-refractivity contribution in [1.82, 2.24) is 0 Å². The predicted octanol–water partition coefficient (Wildman–Crippen LogP) is 3.81. The standard InChI is InChI=1S/C24H25O2P/c1-2-26-23(25)24(18-19-24)27(20-12-6-3-7-13-20,21-14-8-4-9-15-21)22-16-10-5-11-17-22/h3-17,27H,2,18-19H2,1H3. The molecule has 1 aliphatic carbocycles. The fraction of sp³-hybridized carbons (Fsp3) is 0.208. The van der Waals surface area contributed by atoms with Gasteiger partial charge in [0.2, 0.25) is 0 Å². The van der Waals surface area contributed by atoms with Gasteiger partial charge in [0.05, 0.1) is 0 Å². The van der Waals surface area contributed by atoms with Gasteiger partial charge in [0.15, 0.2) is 0 Å². The van der Waals surface area contributed by atoms with Crippen LogP contribution in [0.25, 0.3) is 0 Å². The molecule has 0 saturated heterocycles. The predicted molar refractivity (Wildman–Crippen MR) is 115 cm³/mol. The van der Waals surface area contributed by atoms with Crippen LogP contribution in [0.15, 0.2) is 91.0 Å². The first-order chi connectivity index (χ1) is 13.3. The van der Waals surface area contributed by atoms with Crippen molar-refractivity contribution in [3.63, 3.8) is 0 Å².